The van der Waals surface area contributed by atoms with Gasteiger partial charge in [0.15, 0.2) is 0 Å². The molecular formula is C15H17NO4. The Bertz CT molecular complexity index is 519. The lowest BCUT2D eigenvalue weighted by molar-refractivity contribution is -0.142. The van der Waals surface area contributed by atoms with Gasteiger partial charge in [-0.25, -0.2) is 4.79 Å². The number of benzene rings is 1. The van der Waals surface area contributed by atoms with E-state index in [0.29, 0.717) is 29.8 Å². The predicted molar refractivity (Wildman–Crippen MR) is 72.7 cm³/mol. The molecule has 0 saturated heterocycles. The maximum Gasteiger partial charge on any atom is 0.326 e. The number of hydrogen-bond donors (Lipinski definition) is 1. The van der Waals surface area contributed by atoms with E-state index >= 15 is 0 Å². The fourth-order valence-electron chi connectivity index (χ4n) is 2.14. The van der Waals surface area contributed by atoms with Gasteiger partial charge in [0.2, 0.25) is 0 Å². The molecule has 1 aromatic carbocycles. The summed E-state index contributed by atoms with van der Waals surface area (Å²) >= 11 is 0. The number of carbonyl (C=O) groups excluding carboxylic acids is 2. The number of likely N-dealkylation sites (N-methyl/N-ethyl adjacent to an activating group) is 1. The summed E-state index contributed by atoms with van der Waals surface area (Å²) in [5.41, 5.74) is 0.872. The van der Waals surface area contributed by atoms with Crippen LogP contribution in [0.3, 0.4) is 0 Å². The van der Waals surface area contributed by atoms with Crippen molar-refractivity contribution in [3.8, 4) is 0 Å². The Hall–Kier alpha value is -2.17. The van der Waals surface area contributed by atoms with Crippen LogP contribution in [0.4, 0.5) is 0 Å². The largest absolute Gasteiger partial charge is 0.480 e. The van der Waals surface area contributed by atoms with E-state index in [2.05, 4.69) is 0 Å². The molecule has 1 atom stereocenters. The fourth-order valence-corrected chi connectivity index (χ4v) is 2.14. The number of aliphatic carboxylic acids is 1. The van der Waals surface area contributed by atoms with Crippen LogP contribution >= 0.6 is 0 Å². The molecule has 1 amide bonds. The first kappa shape index (κ1) is 14.2. The molecule has 1 fully saturated rings. The molecule has 2 rings (SSSR count). The lowest BCUT2D eigenvalue weighted by Crippen LogP contribution is -2.42. The van der Waals surface area contributed by atoms with Crippen molar-refractivity contribution in [2.75, 3.05) is 7.05 Å². The van der Waals surface area contributed by atoms with Crippen molar-refractivity contribution in [2.24, 2.45) is 5.92 Å². The molecule has 1 aromatic rings. The molecule has 1 N–H and O–H groups in total. The van der Waals surface area contributed by atoms with Gasteiger partial charge in [0.25, 0.3) is 5.91 Å². The minimum atomic E-state index is -0.975. The summed E-state index contributed by atoms with van der Waals surface area (Å²) in [5.74, 6) is -0.892. The first-order chi connectivity index (χ1) is 9.52. The van der Waals surface area contributed by atoms with Crippen LogP contribution in [0.5, 0.6) is 0 Å². The zero-order valence-corrected chi connectivity index (χ0v) is 11.3. The first-order valence-electron chi connectivity index (χ1n) is 6.58. The van der Waals surface area contributed by atoms with E-state index in [-0.39, 0.29) is 5.91 Å². The minimum absolute atomic E-state index is 0.338. The van der Waals surface area contributed by atoms with Crippen LogP contribution in [0.15, 0.2) is 24.3 Å². The van der Waals surface area contributed by atoms with Crippen LogP contribution in [-0.2, 0) is 4.79 Å². The summed E-state index contributed by atoms with van der Waals surface area (Å²) in [6.45, 7) is 0. The Morgan fingerprint density at radius 1 is 1.35 bits per heavy atom. The van der Waals surface area contributed by atoms with Crippen LogP contribution in [0.1, 0.15) is 40.0 Å². The van der Waals surface area contributed by atoms with Gasteiger partial charge in [-0.15, -0.1) is 0 Å². The average Bonchev–Trinajstić information content (AvgIpc) is 3.27. The lowest BCUT2D eigenvalue weighted by Gasteiger charge is -2.25. The summed E-state index contributed by atoms with van der Waals surface area (Å²) in [4.78, 5) is 35.4. The highest BCUT2D eigenvalue weighted by Gasteiger charge is 2.33. The van der Waals surface area contributed by atoms with Crippen LogP contribution in [0.2, 0.25) is 0 Å². The van der Waals surface area contributed by atoms with Crippen LogP contribution in [-0.4, -0.2) is 41.3 Å². The van der Waals surface area contributed by atoms with E-state index in [4.69, 9.17) is 0 Å². The summed E-state index contributed by atoms with van der Waals surface area (Å²) in [7, 11) is 1.51. The summed E-state index contributed by atoms with van der Waals surface area (Å²) in [6.07, 6.45) is 3.29. The molecular weight excluding hydrogens is 258 g/mol. The van der Waals surface area contributed by atoms with E-state index in [1.165, 1.54) is 11.9 Å². The van der Waals surface area contributed by atoms with Crippen molar-refractivity contribution in [2.45, 2.75) is 25.3 Å². The molecule has 0 spiro atoms. The van der Waals surface area contributed by atoms with Gasteiger partial charge >= 0.3 is 5.97 Å². The maximum absolute atomic E-state index is 12.3. The molecule has 1 aliphatic rings. The van der Waals surface area contributed by atoms with Crippen molar-refractivity contribution in [3.05, 3.63) is 35.4 Å². The van der Waals surface area contributed by atoms with Crippen molar-refractivity contribution in [3.63, 3.8) is 0 Å². The number of nitrogens with zero attached hydrogens (tertiary/aromatic N) is 1. The fraction of sp³-hybridized carbons (Fsp3) is 0.400. The molecule has 5 nitrogen and oxygen atoms in total. The molecule has 0 aromatic heterocycles. The monoisotopic (exact) mass is 275 g/mol. The van der Waals surface area contributed by atoms with Gasteiger partial charge in [0.05, 0.1) is 0 Å². The number of hydrogen-bond acceptors (Lipinski definition) is 3. The molecule has 1 saturated carbocycles. The predicted octanol–water partition coefficient (Wildman–Crippen LogP) is 1.82. The first-order valence-corrected chi connectivity index (χ1v) is 6.58. The number of amides is 1. The second kappa shape index (κ2) is 5.86. The molecule has 106 valence electrons. The topological polar surface area (TPSA) is 74.7 Å². The second-order valence-electron chi connectivity index (χ2n) is 5.19. The standard InChI is InChI=1S/C15H17NO4/c1-16(13(15(19)20)8-10-2-3-10)14(18)12-6-4-11(9-17)5-7-12/h4-7,9-10,13H,2-3,8H2,1H3,(H,19,20). The van der Waals surface area contributed by atoms with Crippen LogP contribution < -0.4 is 0 Å². The number of rotatable bonds is 6. The molecule has 5 heteroatoms. The highest BCUT2D eigenvalue weighted by molar-refractivity contribution is 5.97. The Labute approximate surface area is 117 Å². The lowest BCUT2D eigenvalue weighted by atomic mass is 10.1. The van der Waals surface area contributed by atoms with Gasteiger partial charge in [-0.2, -0.15) is 0 Å². The van der Waals surface area contributed by atoms with Crippen molar-refractivity contribution in [1.82, 2.24) is 4.90 Å². The van der Waals surface area contributed by atoms with Crippen molar-refractivity contribution < 1.29 is 19.5 Å². The molecule has 20 heavy (non-hydrogen) atoms. The summed E-state index contributed by atoms with van der Waals surface area (Å²) in [6, 6.07) is 5.38. The Kier molecular flexibility index (Phi) is 4.17. The Morgan fingerprint density at radius 3 is 2.40 bits per heavy atom. The third-order valence-electron chi connectivity index (χ3n) is 3.62. The van der Waals surface area contributed by atoms with E-state index in [9.17, 15) is 19.5 Å². The summed E-state index contributed by atoms with van der Waals surface area (Å²) in [5, 5.41) is 9.26. The third kappa shape index (κ3) is 3.23. The summed E-state index contributed by atoms with van der Waals surface area (Å²) < 4.78 is 0. The zero-order chi connectivity index (χ0) is 14.7. The SMILES string of the molecule is CN(C(=O)c1ccc(C=O)cc1)C(CC1CC1)C(=O)O. The van der Waals surface area contributed by atoms with Crippen LogP contribution in [0.25, 0.3) is 0 Å². The van der Waals surface area contributed by atoms with E-state index in [1.807, 2.05) is 0 Å². The Morgan fingerprint density at radius 2 is 1.95 bits per heavy atom. The number of carboxylic acids is 1. The quantitative estimate of drug-likeness (QED) is 0.804. The van der Waals surface area contributed by atoms with E-state index in [1.54, 1.807) is 24.3 Å². The molecule has 1 unspecified atom stereocenters. The highest BCUT2D eigenvalue weighted by Crippen LogP contribution is 2.34. The van der Waals surface area contributed by atoms with E-state index < -0.39 is 12.0 Å². The molecule has 1 aliphatic carbocycles. The van der Waals surface area contributed by atoms with Crippen LogP contribution in [0, 0.1) is 5.92 Å². The molecule has 0 heterocycles. The second-order valence-corrected chi connectivity index (χ2v) is 5.19. The number of aldehydes is 1. The highest BCUT2D eigenvalue weighted by atomic mass is 16.4. The molecule has 0 radical (unpaired) electrons. The minimum Gasteiger partial charge on any atom is -0.480 e. The third-order valence-corrected chi connectivity index (χ3v) is 3.62. The average molecular weight is 275 g/mol. The maximum atomic E-state index is 12.3. The zero-order valence-electron chi connectivity index (χ0n) is 11.3. The van der Waals surface area contributed by atoms with Gasteiger partial charge in [-0.3, -0.25) is 9.59 Å². The van der Waals surface area contributed by atoms with Gasteiger partial charge in [-0.1, -0.05) is 25.0 Å². The van der Waals surface area contributed by atoms with Crippen molar-refractivity contribution in [1.29, 1.82) is 0 Å². The molecule has 0 aliphatic heterocycles. The van der Waals surface area contributed by atoms with Gasteiger partial charge in [0, 0.05) is 18.2 Å². The normalized spacial score (nSPS) is 15.4. The van der Waals surface area contributed by atoms with Gasteiger partial charge < -0.3 is 10.0 Å². The van der Waals surface area contributed by atoms with Crippen molar-refractivity contribution >= 4 is 18.2 Å². The number of carboxylic acid groups (broad SMARTS) is 1. The Balaban J connectivity index is 2.11. The molecule has 0 bridgehead atoms. The number of carbonyl (C=O) groups is 3. The van der Waals surface area contributed by atoms with Gasteiger partial charge in [0.1, 0.15) is 12.3 Å². The smallest absolute Gasteiger partial charge is 0.326 e. The van der Waals surface area contributed by atoms with E-state index in [0.717, 1.165) is 12.8 Å². The van der Waals surface area contributed by atoms with Gasteiger partial charge in [-0.05, 0) is 24.5 Å².